The van der Waals surface area contributed by atoms with Crippen LogP contribution in [0.4, 0.5) is 5.69 Å². The van der Waals surface area contributed by atoms with Gasteiger partial charge in [0.25, 0.3) is 5.91 Å². The summed E-state index contributed by atoms with van der Waals surface area (Å²) in [5.74, 6) is 0.657. The molecule has 5 nitrogen and oxygen atoms in total. The molecule has 2 aromatic rings. The second-order valence-electron chi connectivity index (χ2n) is 5.83. The summed E-state index contributed by atoms with van der Waals surface area (Å²) >= 11 is 0. The van der Waals surface area contributed by atoms with Gasteiger partial charge in [-0.15, -0.1) is 0 Å². The van der Waals surface area contributed by atoms with Gasteiger partial charge in [-0.1, -0.05) is 18.2 Å². The number of carbonyl (C=O) groups is 2. The fraction of sp³-hybridized carbons (Fsp3) is 0.263. The van der Waals surface area contributed by atoms with E-state index in [0.717, 1.165) is 23.2 Å². The molecule has 0 unspecified atom stereocenters. The van der Waals surface area contributed by atoms with Crippen molar-refractivity contribution in [3.63, 3.8) is 0 Å². The Bertz CT molecular complexity index is 786. The average Bonchev–Trinajstić information content (AvgIpc) is 2.62. The first kappa shape index (κ1) is 16.1. The SMILES string of the molecule is COc1cccc(C(=O)NCc2ccc3c(c2)CCC(=O)N3C)c1. The van der Waals surface area contributed by atoms with Crippen LogP contribution in [0.15, 0.2) is 42.5 Å². The van der Waals surface area contributed by atoms with Crippen LogP contribution >= 0.6 is 0 Å². The van der Waals surface area contributed by atoms with E-state index in [1.807, 2.05) is 12.1 Å². The molecule has 3 rings (SSSR count). The normalized spacial score (nSPS) is 13.4. The number of hydrogen-bond acceptors (Lipinski definition) is 3. The fourth-order valence-electron chi connectivity index (χ4n) is 2.87. The molecular weight excluding hydrogens is 304 g/mol. The van der Waals surface area contributed by atoms with Gasteiger partial charge < -0.3 is 15.0 Å². The molecule has 2 amide bonds. The number of carbonyl (C=O) groups excluding carboxylic acids is 2. The quantitative estimate of drug-likeness (QED) is 0.940. The van der Waals surface area contributed by atoms with Crippen LogP contribution in [0, 0.1) is 0 Å². The van der Waals surface area contributed by atoms with E-state index in [1.54, 1.807) is 43.3 Å². The fourth-order valence-corrected chi connectivity index (χ4v) is 2.87. The summed E-state index contributed by atoms with van der Waals surface area (Å²) in [7, 11) is 3.37. The van der Waals surface area contributed by atoms with Crippen LogP contribution in [-0.4, -0.2) is 26.0 Å². The van der Waals surface area contributed by atoms with Crippen LogP contribution in [-0.2, 0) is 17.8 Å². The van der Waals surface area contributed by atoms with Crippen LogP contribution < -0.4 is 15.0 Å². The monoisotopic (exact) mass is 324 g/mol. The summed E-state index contributed by atoms with van der Waals surface area (Å²) in [5.41, 5.74) is 3.68. The predicted octanol–water partition coefficient (Wildman–Crippen LogP) is 2.53. The van der Waals surface area contributed by atoms with Crippen molar-refractivity contribution in [1.82, 2.24) is 5.32 Å². The number of rotatable bonds is 4. The first-order chi connectivity index (χ1) is 11.6. The van der Waals surface area contributed by atoms with Crippen molar-refractivity contribution in [1.29, 1.82) is 0 Å². The van der Waals surface area contributed by atoms with Crippen molar-refractivity contribution in [2.24, 2.45) is 0 Å². The highest BCUT2D eigenvalue weighted by atomic mass is 16.5. The van der Waals surface area contributed by atoms with E-state index in [2.05, 4.69) is 11.4 Å². The summed E-state index contributed by atoms with van der Waals surface area (Å²) in [4.78, 5) is 25.7. The van der Waals surface area contributed by atoms with Crippen molar-refractivity contribution in [3.05, 3.63) is 59.2 Å². The van der Waals surface area contributed by atoms with E-state index >= 15 is 0 Å². The maximum atomic E-state index is 12.3. The molecule has 0 saturated heterocycles. The average molecular weight is 324 g/mol. The molecule has 0 aliphatic carbocycles. The summed E-state index contributed by atoms with van der Waals surface area (Å²) in [6.07, 6.45) is 1.28. The Hall–Kier alpha value is -2.82. The number of hydrogen-bond donors (Lipinski definition) is 1. The molecule has 1 aliphatic rings. The van der Waals surface area contributed by atoms with Crippen molar-refractivity contribution >= 4 is 17.5 Å². The van der Waals surface area contributed by atoms with Gasteiger partial charge in [-0.2, -0.15) is 0 Å². The second kappa shape index (κ2) is 6.74. The number of aryl methyl sites for hydroxylation is 1. The lowest BCUT2D eigenvalue weighted by Gasteiger charge is -2.26. The highest BCUT2D eigenvalue weighted by molar-refractivity contribution is 5.96. The van der Waals surface area contributed by atoms with Gasteiger partial charge in [-0.05, 0) is 41.8 Å². The Balaban J connectivity index is 1.68. The van der Waals surface area contributed by atoms with Crippen molar-refractivity contribution < 1.29 is 14.3 Å². The predicted molar refractivity (Wildman–Crippen MR) is 92.3 cm³/mol. The lowest BCUT2D eigenvalue weighted by molar-refractivity contribution is -0.118. The van der Waals surface area contributed by atoms with Gasteiger partial charge in [0.05, 0.1) is 7.11 Å². The molecule has 5 heteroatoms. The molecule has 0 radical (unpaired) electrons. The van der Waals surface area contributed by atoms with Gasteiger partial charge in [-0.3, -0.25) is 9.59 Å². The van der Waals surface area contributed by atoms with Crippen LogP contribution in [0.2, 0.25) is 0 Å². The van der Waals surface area contributed by atoms with Crippen molar-refractivity contribution in [2.45, 2.75) is 19.4 Å². The number of benzene rings is 2. The molecule has 1 aliphatic heterocycles. The number of nitrogens with one attached hydrogen (secondary N) is 1. The molecule has 0 saturated carbocycles. The number of fused-ring (bicyclic) bond motifs is 1. The summed E-state index contributed by atoms with van der Waals surface area (Å²) in [6, 6.07) is 13.0. The molecule has 0 atom stereocenters. The third-order valence-electron chi connectivity index (χ3n) is 4.27. The van der Waals surface area contributed by atoms with E-state index in [0.29, 0.717) is 24.3 Å². The van der Waals surface area contributed by atoms with Crippen molar-refractivity contribution in [2.75, 3.05) is 19.1 Å². The van der Waals surface area contributed by atoms with Gasteiger partial charge >= 0.3 is 0 Å². The lowest BCUT2D eigenvalue weighted by atomic mass is 9.99. The Morgan fingerprint density at radius 2 is 2.04 bits per heavy atom. The van der Waals surface area contributed by atoms with Gasteiger partial charge in [0, 0.05) is 31.3 Å². The zero-order chi connectivity index (χ0) is 17.1. The zero-order valence-electron chi connectivity index (χ0n) is 13.8. The summed E-state index contributed by atoms with van der Waals surface area (Å²) in [6.45, 7) is 0.445. The number of anilines is 1. The molecular formula is C19H20N2O3. The largest absolute Gasteiger partial charge is 0.497 e. The van der Waals surface area contributed by atoms with E-state index in [-0.39, 0.29) is 11.8 Å². The number of amides is 2. The minimum Gasteiger partial charge on any atom is -0.497 e. The molecule has 1 N–H and O–H groups in total. The standard InChI is InChI=1S/C19H20N2O3/c1-21-17-8-6-13(10-14(17)7-9-18(21)22)12-20-19(23)15-4-3-5-16(11-15)24-2/h3-6,8,10-11H,7,9,12H2,1-2H3,(H,20,23). The highest BCUT2D eigenvalue weighted by Crippen LogP contribution is 2.27. The number of ether oxygens (including phenoxy) is 1. The molecule has 24 heavy (non-hydrogen) atoms. The highest BCUT2D eigenvalue weighted by Gasteiger charge is 2.20. The van der Waals surface area contributed by atoms with Crippen molar-refractivity contribution in [3.8, 4) is 5.75 Å². The Labute approximate surface area is 141 Å². The third-order valence-corrected chi connectivity index (χ3v) is 4.27. The van der Waals surface area contributed by atoms with E-state index in [9.17, 15) is 9.59 Å². The maximum Gasteiger partial charge on any atom is 0.251 e. The maximum absolute atomic E-state index is 12.3. The summed E-state index contributed by atoms with van der Waals surface area (Å²) in [5, 5.41) is 2.92. The molecule has 0 fully saturated rings. The molecule has 0 bridgehead atoms. The van der Waals surface area contributed by atoms with Crippen LogP contribution in [0.1, 0.15) is 27.9 Å². The Morgan fingerprint density at radius 3 is 2.83 bits per heavy atom. The molecule has 1 heterocycles. The topological polar surface area (TPSA) is 58.6 Å². The molecule has 0 spiro atoms. The van der Waals surface area contributed by atoms with E-state index in [1.165, 1.54) is 0 Å². The second-order valence-corrected chi connectivity index (χ2v) is 5.83. The van der Waals surface area contributed by atoms with Crippen LogP contribution in [0.5, 0.6) is 5.75 Å². The molecule has 0 aromatic heterocycles. The van der Waals surface area contributed by atoms with E-state index in [4.69, 9.17) is 4.74 Å². The molecule has 2 aromatic carbocycles. The smallest absolute Gasteiger partial charge is 0.251 e. The molecule has 124 valence electrons. The first-order valence-corrected chi connectivity index (χ1v) is 7.89. The lowest BCUT2D eigenvalue weighted by Crippen LogP contribution is -2.31. The van der Waals surface area contributed by atoms with E-state index < -0.39 is 0 Å². The first-order valence-electron chi connectivity index (χ1n) is 7.89. The van der Waals surface area contributed by atoms with Crippen LogP contribution in [0.3, 0.4) is 0 Å². The van der Waals surface area contributed by atoms with Gasteiger partial charge in [0.2, 0.25) is 5.91 Å². The Morgan fingerprint density at radius 1 is 1.21 bits per heavy atom. The third kappa shape index (κ3) is 3.25. The summed E-state index contributed by atoms with van der Waals surface area (Å²) < 4.78 is 5.14. The zero-order valence-corrected chi connectivity index (χ0v) is 13.8. The van der Waals surface area contributed by atoms with Gasteiger partial charge in [0.15, 0.2) is 0 Å². The van der Waals surface area contributed by atoms with Gasteiger partial charge in [-0.25, -0.2) is 0 Å². The minimum absolute atomic E-state index is 0.140. The number of nitrogens with zero attached hydrogens (tertiary/aromatic N) is 1. The van der Waals surface area contributed by atoms with Gasteiger partial charge in [0.1, 0.15) is 5.75 Å². The van der Waals surface area contributed by atoms with Crippen LogP contribution in [0.25, 0.3) is 0 Å². The number of methoxy groups -OCH3 is 1. The Kier molecular flexibility index (Phi) is 4.51. The minimum atomic E-state index is -0.140.